The molecule has 2 rings (SSSR count). The number of ether oxygens (including phenoxy) is 1. The van der Waals surface area contributed by atoms with E-state index in [1.807, 2.05) is 7.05 Å². The maximum absolute atomic E-state index is 5.07. The van der Waals surface area contributed by atoms with Gasteiger partial charge in [-0.3, -0.25) is 0 Å². The summed E-state index contributed by atoms with van der Waals surface area (Å²) in [5.41, 5.74) is 0.711. The Morgan fingerprint density at radius 3 is 2.00 bits per heavy atom. The fraction of sp³-hybridized carbons (Fsp3) is 1.00. The molecule has 1 aliphatic carbocycles. The number of rotatable bonds is 3. The summed E-state index contributed by atoms with van der Waals surface area (Å²) in [6.07, 6.45) is 9.66. The first kappa shape index (κ1) is 13.0. The molecule has 0 amide bonds. The van der Waals surface area contributed by atoms with E-state index in [2.05, 4.69) is 12.2 Å². The van der Waals surface area contributed by atoms with Crippen molar-refractivity contribution in [1.29, 1.82) is 0 Å². The zero-order chi connectivity index (χ0) is 11.0. The monoisotopic (exact) mass is 213 g/mol. The summed E-state index contributed by atoms with van der Waals surface area (Å²) in [6, 6.07) is 0. The molecule has 0 radical (unpaired) electrons. The summed E-state index contributed by atoms with van der Waals surface area (Å²) in [5, 5.41) is 3.19. The molecule has 0 spiro atoms. The summed E-state index contributed by atoms with van der Waals surface area (Å²) in [7, 11) is 2.03. The zero-order valence-corrected chi connectivity index (χ0v) is 10.5. The van der Waals surface area contributed by atoms with Crippen LogP contribution >= 0.6 is 0 Å². The molecule has 1 N–H and O–H groups in total. The lowest BCUT2D eigenvalue weighted by molar-refractivity contribution is 0.0968. The smallest absolute Gasteiger partial charge is 0.0466 e. The van der Waals surface area contributed by atoms with E-state index in [-0.39, 0.29) is 0 Å². The van der Waals surface area contributed by atoms with Gasteiger partial charge in [0.2, 0.25) is 0 Å². The van der Waals surface area contributed by atoms with Gasteiger partial charge >= 0.3 is 0 Å². The molecule has 0 atom stereocenters. The van der Waals surface area contributed by atoms with E-state index in [0.717, 1.165) is 13.2 Å². The van der Waals surface area contributed by atoms with Gasteiger partial charge in [0, 0.05) is 13.2 Å². The molecule has 0 aromatic heterocycles. The molecule has 90 valence electrons. The van der Waals surface area contributed by atoms with Crippen LogP contribution in [0.25, 0.3) is 0 Å². The maximum Gasteiger partial charge on any atom is 0.0466 e. The van der Waals surface area contributed by atoms with Crippen molar-refractivity contribution < 1.29 is 4.74 Å². The topological polar surface area (TPSA) is 21.3 Å². The Balaban J connectivity index is 0.000000162. The first-order valence-electron chi connectivity index (χ1n) is 6.49. The van der Waals surface area contributed by atoms with Gasteiger partial charge in [-0.1, -0.05) is 13.3 Å². The second-order valence-electron chi connectivity index (χ2n) is 5.19. The molecule has 0 aromatic rings. The third-order valence-corrected chi connectivity index (χ3v) is 3.62. The summed E-state index contributed by atoms with van der Waals surface area (Å²) >= 11 is 0. The fourth-order valence-electron chi connectivity index (χ4n) is 2.14. The minimum Gasteiger partial charge on any atom is -0.381 e. The second kappa shape index (κ2) is 7.24. The maximum atomic E-state index is 5.07. The summed E-state index contributed by atoms with van der Waals surface area (Å²) in [5.74, 6) is 0. The van der Waals surface area contributed by atoms with Crippen LogP contribution in [0.3, 0.4) is 0 Å². The largest absolute Gasteiger partial charge is 0.381 e. The van der Waals surface area contributed by atoms with Crippen molar-refractivity contribution in [3.05, 3.63) is 0 Å². The molecule has 2 fully saturated rings. The molecule has 1 saturated heterocycles. The van der Waals surface area contributed by atoms with E-state index < -0.39 is 0 Å². The Labute approximate surface area is 94.8 Å². The van der Waals surface area contributed by atoms with Crippen LogP contribution in [0, 0.1) is 5.41 Å². The van der Waals surface area contributed by atoms with Crippen molar-refractivity contribution in [3.8, 4) is 0 Å². The van der Waals surface area contributed by atoms with Crippen LogP contribution < -0.4 is 5.32 Å². The predicted octanol–water partition coefficient (Wildman–Crippen LogP) is 2.97. The first-order chi connectivity index (χ1) is 7.27. The Morgan fingerprint density at radius 1 is 1.07 bits per heavy atom. The lowest BCUT2D eigenvalue weighted by atomic mass is 9.68. The van der Waals surface area contributed by atoms with Gasteiger partial charge in [0.1, 0.15) is 0 Å². The fourth-order valence-corrected chi connectivity index (χ4v) is 2.14. The van der Waals surface area contributed by atoms with Crippen molar-refractivity contribution in [1.82, 2.24) is 5.32 Å². The lowest BCUT2D eigenvalue weighted by Gasteiger charge is -2.38. The summed E-state index contributed by atoms with van der Waals surface area (Å²) < 4.78 is 5.07. The molecule has 1 saturated carbocycles. The first-order valence-corrected chi connectivity index (χ1v) is 6.49. The molecule has 2 aliphatic rings. The van der Waals surface area contributed by atoms with E-state index in [9.17, 15) is 0 Å². The van der Waals surface area contributed by atoms with E-state index in [1.54, 1.807) is 0 Å². The molecular formula is C13H27NO. The highest BCUT2D eigenvalue weighted by atomic mass is 16.5. The molecule has 1 aliphatic heterocycles. The van der Waals surface area contributed by atoms with Crippen LogP contribution in [0.2, 0.25) is 0 Å². The molecule has 2 heteroatoms. The van der Waals surface area contributed by atoms with Gasteiger partial charge in [-0.15, -0.1) is 0 Å². The minimum atomic E-state index is 0.711. The SMILES string of the molecule is C1CCOCC1.CNCCC1(C)CCC1. The highest BCUT2D eigenvalue weighted by Gasteiger charge is 2.30. The second-order valence-corrected chi connectivity index (χ2v) is 5.19. The van der Waals surface area contributed by atoms with E-state index in [1.165, 1.54) is 51.5 Å². The number of nitrogens with one attached hydrogen (secondary N) is 1. The quantitative estimate of drug-likeness (QED) is 0.778. The third-order valence-electron chi connectivity index (χ3n) is 3.62. The van der Waals surface area contributed by atoms with Gasteiger partial charge in [-0.25, -0.2) is 0 Å². The van der Waals surface area contributed by atoms with E-state index in [4.69, 9.17) is 4.74 Å². The minimum absolute atomic E-state index is 0.711. The molecular weight excluding hydrogens is 186 g/mol. The van der Waals surface area contributed by atoms with Gasteiger partial charge < -0.3 is 10.1 Å². The van der Waals surface area contributed by atoms with Gasteiger partial charge in [-0.2, -0.15) is 0 Å². The lowest BCUT2D eigenvalue weighted by Crippen LogP contribution is -2.29. The van der Waals surface area contributed by atoms with E-state index in [0.29, 0.717) is 5.41 Å². The molecule has 0 bridgehead atoms. The van der Waals surface area contributed by atoms with Crippen molar-refractivity contribution in [2.45, 2.75) is 51.9 Å². The Kier molecular flexibility index (Phi) is 6.26. The normalized spacial score (nSPS) is 23.6. The third kappa shape index (κ3) is 5.53. The van der Waals surface area contributed by atoms with Gasteiger partial charge in [0.15, 0.2) is 0 Å². The Hall–Kier alpha value is -0.0800. The zero-order valence-electron chi connectivity index (χ0n) is 10.5. The highest BCUT2D eigenvalue weighted by Crippen LogP contribution is 2.42. The average molecular weight is 213 g/mol. The van der Waals surface area contributed by atoms with Crippen molar-refractivity contribution in [2.24, 2.45) is 5.41 Å². The number of hydrogen-bond acceptors (Lipinski definition) is 2. The number of hydrogen-bond donors (Lipinski definition) is 1. The molecule has 2 nitrogen and oxygen atoms in total. The van der Waals surface area contributed by atoms with Crippen LogP contribution in [-0.2, 0) is 4.74 Å². The summed E-state index contributed by atoms with van der Waals surface area (Å²) in [4.78, 5) is 0. The predicted molar refractivity (Wildman–Crippen MR) is 65.2 cm³/mol. The van der Waals surface area contributed by atoms with E-state index >= 15 is 0 Å². The Bertz CT molecular complexity index is 139. The van der Waals surface area contributed by atoms with Crippen LogP contribution in [0.15, 0.2) is 0 Å². The van der Waals surface area contributed by atoms with Gasteiger partial charge in [0.05, 0.1) is 0 Å². The molecule has 0 unspecified atom stereocenters. The summed E-state index contributed by atoms with van der Waals surface area (Å²) in [6.45, 7) is 5.59. The van der Waals surface area contributed by atoms with Crippen molar-refractivity contribution in [3.63, 3.8) is 0 Å². The van der Waals surface area contributed by atoms with Crippen LogP contribution in [0.5, 0.6) is 0 Å². The Morgan fingerprint density at radius 2 is 1.73 bits per heavy atom. The van der Waals surface area contributed by atoms with Crippen molar-refractivity contribution in [2.75, 3.05) is 26.8 Å². The molecule has 0 aromatic carbocycles. The van der Waals surface area contributed by atoms with Gasteiger partial charge in [-0.05, 0) is 57.5 Å². The standard InChI is InChI=1S/C8H17N.C5H10O/c1-8(4-3-5-8)6-7-9-2;1-2-4-6-5-3-1/h9H,3-7H2,1-2H3;1-5H2. The van der Waals surface area contributed by atoms with Gasteiger partial charge in [0.25, 0.3) is 0 Å². The van der Waals surface area contributed by atoms with Crippen LogP contribution in [0.1, 0.15) is 51.9 Å². The average Bonchev–Trinajstić information content (AvgIpc) is 2.27. The molecule has 1 heterocycles. The van der Waals surface area contributed by atoms with Crippen LogP contribution in [-0.4, -0.2) is 26.8 Å². The van der Waals surface area contributed by atoms with Crippen molar-refractivity contribution >= 4 is 0 Å². The van der Waals surface area contributed by atoms with Crippen LogP contribution in [0.4, 0.5) is 0 Å². The highest BCUT2D eigenvalue weighted by molar-refractivity contribution is 4.83. The molecule has 15 heavy (non-hydrogen) atoms.